The Labute approximate surface area is 226 Å². The molecule has 2 aromatic carbocycles. The summed E-state index contributed by atoms with van der Waals surface area (Å²) in [5.41, 5.74) is 1.12. The Bertz CT molecular complexity index is 1570. The molecule has 0 aliphatic heterocycles. The van der Waals surface area contributed by atoms with E-state index < -0.39 is 11.7 Å². The Morgan fingerprint density at radius 3 is 2.56 bits per heavy atom. The highest BCUT2D eigenvalue weighted by Crippen LogP contribution is 2.33. The van der Waals surface area contributed by atoms with Crippen LogP contribution in [0.5, 0.6) is 17.5 Å². The smallest absolute Gasteiger partial charge is 0.416 e. The maximum Gasteiger partial charge on any atom is 0.416 e. The second kappa shape index (κ2) is 12.0. The van der Waals surface area contributed by atoms with Crippen LogP contribution in [0.3, 0.4) is 0 Å². The summed E-state index contributed by atoms with van der Waals surface area (Å²) in [5.74, 6) is 0.722. The Morgan fingerprint density at radius 2 is 1.87 bits per heavy atom. The van der Waals surface area contributed by atoms with Crippen LogP contribution in [0.15, 0.2) is 71.0 Å². The van der Waals surface area contributed by atoms with Gasteiger partial charge in [-0.05, 0) is 47.9 Å². The van der Waals surface area contributed by atoms with Gasteiger partial charge < -0.3 is 14.0 Å². The maximum atomic E-state index is 13.0. The van der Waals surface area contributed by atoms with Crippen molar-refractivity contribution in [1.29, 1.82) is 5.26 Å². The third-order valence-electron chi connectivity index (χ3n) is 5.56. The second-order valence-electron chi connectivity index (χ2n) is 8.39. The summed E-state index contributed by atoms with van der Waals surface area (Å²) < 4.78 is 51.2. The van der Waals surface area contributed by atoms with E-state index in [1.807, 2.05) is 6.07 Å². The van der Waals surface area contributed by atoms with Crippen molar-refractivity contribution in [2.24, 2.45) is 7.05 Å². The lowest BCUT2D eigenvalue weighted by molar-refractivity contribution is -0.137. The molecule has 0 aliphatic rings. The molecule has 8 nitrogen and oxygen atoms in total. The monoisotopic (exact) mass is 553 g/mol. The van der Waals surface area contributed by atoms with E-state index in [-0.39, 0.29) is 28.6 Å². The Morgan fingerprint density at radius 1 is 1.10 bits per heavy atom. The van der Waals surface area contributed by atoms with Gasteiger partial charge in [-0.2, -0.15) is 23.4 Å². The number of methoxy groups -OCH3 is 1. The molecular formula is C27H22F3N5O3S. The van der Waals surface area contributed by atoms with Gasteiger partial charge in [-0.1, -0.05) is 23.9 Å². The zero-order valence-electron chi connectivity index (χ0n) is 20.9. The number of aryl methyl sites for hydroxylation is 2. The van der Waals surface area contributed by atoms with Crippen LogP contribution < -0.4 is 15.0 Å². The number of thioether (sulfide) groups is 1. The van der Waals surface area contributed by atoms with E-state index in [2.05, 4.69) is 15.0 Å². The molecule has 0 spiro atoms. The van der Waals surface area contributed by atoms with Crippen molar-refractivity contribution in [1.82, 2.24) is 19.5 Å². The van der Waals surface area contributed by atoms with Crippen molar-refractivity contribution in [3.8, 4) is 23.6 Å². The predicted octanol–water partition coefficient (Wildman–Crippen LogP) is 5.19. The molecule has 0 bridgehead atoms. The van der Waals surface area contributed by atoms with Crippen molar-refractivity contribution >= 4 is 11.8 Å². The number of ether oxygens (including phenoxy) is 2. The van der Waals surface area contributed by atoms with Gasteiger partial charge in [-0.3, -0.25) is 4.79 Å². The van der Waals surface area contributed by atoms with Gasteiger partial charge in [0.2, 0.25) is 0 Å². The van der Waals surface area contributed by atoms with Crippen molar-refractivity contribution in [2.45, 2.75) is 24.2 Å². The standard InChI is InChI=1S/C27H22F3N5O3S/c1-35-16-20(11-18-14-32-25(37-2)33-15-18)24(36)34-26(35)39-9-8-17-6-7-23(19(10-17)13-31)38-22-5-3-4-21(12-22)27(28,29)30/h3-7,10,12,14-16H,8-9,11H2,1-2H3. The minimum Gasteiger partial charge on any atom is -0.467 e. The summed E-state index contributed by atoms with van der Waals surface area (Å²) >= 11 is 1.39. The van der Waals surface area contributed by atoms with Crippen molar-refractivity contribution in [2.75, 3.05) is 12.9 Å². The average molecular weight is 554 g/mol. The first-order valence-corrected chi connectivity index (χ1v) is 12.6. The molecule has 0 amide bonds. The second-order valence-corrected chi connectivity index (χ2v) is 9.45. The molecule has 12 heteroatoms. The highest BCUT2D eigenvalue weighted by atomic mass is 32.2. The van der Waals surface area contributed by atoms with Crippen LogP contribution in [0.2, 0.25) is 0 Å². The molecule has 0 N–H and O–H groups in total. The fraction of sp³-hybridized carbons (Fsp3) is 0.222. The molecule has 0 saturated carbocycles. The molecule has 0 atom stereocenters. The molecular weight excluding hydrogens is 531 g/mol. The number of halogens is 3. The molecule has 0 unspecified atom stereocenters. The lowest BCUT2D eigenvalue weighted by atomic mass is 10.1. The van der Waals surface area contributed by atoms with Crippen molar-refractivity contribution in [3.05, 3.63) is 99.2 Å². The third kappa shape index (κ3) is 7.14. The highest BCUT2D eigenvalue weighted by molar-refractivity contribution is 7.99. The SMILES string of the molecule is COc1ncc(Cc2cn(C)c(SCCc3ccc(Oc4cccc(C(F)(F)F)c4)c(C#N)c3)nc2=O)cn1. The summed E-state index contributed by atoms with van der Waals surface area (Å²) in [7, 11) is 3.28. The Hall–Kier alpha value is -4.37. The number of benzene rings is 2. The fourth-order valence-corrected chi connectivity index (χ4v) is 4.55. The summed E-state index contributed by atoms with van der Waals surface area (Å²) in [6.45, 7) is 0. The van der Waals surface area contributed by atoms with Crippen molar-refractivity contribution < 1.29 is 22.6 Å². The van der Waals surface area contributed by atoms with Gasteiger partial charge in [0, 0.05) is 43.4 Å². The third-order valence-corrected chi connectivity index (χ3v) is 6.60. The van der Waals surface area contributed by atoms with Gasteiger partial charge >= 0.3 is 12.2 Å². The van der Waals surface area contributed by atoms with Crippen LogP contribution >= 0.6 is 11.8 Å². The lowest BCUT2D eigenvalue weighted by Gasteiger charge is -2.12. The molecule has 0 saturated heterocycles. The first-order valence-electron chi connectivity index (χ1n) is 11.6. The lowest BCUT2D eigenvalue weighted by Crippen LogP contribution is -2.18. The number of nitriles is 1. The number of rotatable bonds is 9. The van der Waals surface area contributed by atoms with E-state index in [1.54, 1.807) is 48.4 Å². The minimum atomic E-state index is -4.50. The van der Waals surface area contributed by atoms with Gasteiger partial charge in [0.05, 0.1) is 18.2 Å². The van der Waals surface area contributed by atoms with Crippen LogP contribution in [-0.2, 0) is 26.1 Å². The van der Waals surface area contributed by atoms with Crippen molar-refractivity contribution in [3.63, 3.8) is 0 Å². The Balaban J connectivity index is 1.39. The van der Waals surface area contributed by atoms with Gasteiger partial charge in [-0.25, -0.2) is 9.97 Å². The van der Waals surface area contributed by atoms with Gasteiger partial charge in [0.15, 0.2) is 5.16 Å². The minimum absolute atomic E-state index is 0.0143. The zero-order valence-corrected chi connectivity index (χ0v) is 21.7. The summed E-state index contributed by atoms with van der Waals surface area (Å²) in [6.07, 6.45) is 1.32. The number of hydrogen-bond acceptors (Lipinski definition) is 8. The number of hydrogen-bond donors (Lipinski definition) is 0. The quantitative estimate of drug-likeness (QED) is 0.206. The first-order chi connectivity index (χ1) is 18.7. The maximum absolute atomic E-state index is 13.0. The molecule has 4 aromatic rings. The molecule has 2 aromatic heterocycles. The normalized spacial score (nSPS) is 11.2. The van der Waals surface area contributed by atoms with E-state index in [4.69, 9.17) is 9.47 Å². The molecule has 0 aliphatic carbocycles. The van der Waals surface area contributed by atoms with E-state index in [9.17, 15) is 23.2 Å². The first kappa shape index (κ1) is 27.7. The summed E-state index contributed by atoms with van der Waals surface area (Å²) in [6, 6.07) is 11.7. The molecule has 39 heavy (non-hydrogen) atoms. The molecule has 4 rings (SSSR count). The molecule has 0 fully saturated rings. The van der Waals surface area contributed by atoms with E-state index in [0.29, 0.717) is 29.3 Å². The van der Waals surface area contributed by atoms with Crippen LogP contribution in [0.25, 0.3) is 0 Å². The number of alkyl halides is 3. The number of nitrogens with zero attached hydrogens (tertiary/aromatic N) is 5. The largest absolute Gasteiger partial charge is 0.467 e. The topological polar surface area (TPSA) is 103 Å². The average Bonchev–Trinajstić information content (AvgIpc) is 2.92. The van der Waals surface area contributed by atoms with E-state index in [1.165, 1.54) is 31.0 Å². The van der Waals surface area contributed by atoms with Crippen LogP contribution in [0, 0.1) is 11.3 Å². The number of aromatic nitrogens is 4. The van der Waals surface area contributed by atoms with Crippen LogP contribution in [0.1, 0.15) is 27.8 Å². The zero-order chi connectivity index (χ0) is 28.0. The predicted molar refractivity (Wildman–Crippen MR) is 138 cm³/mol. The van der Waals surface area contributed by atoms with Gasteiger partial charge in [0.1, 0.15) is 17.6 Å². The van der Waals surface area contributed by atoms with E-state index >= 15 is 0 Å². The molecule has 200 valence electrons. The van der Waals surface area contributed by atoms with Crippen LogP contribution in [-0.4, -0.2) is 32.4 Å². The fourth-order valence-electron chi connectivity index (χ4n) is 3.63. The highest BCUT2D eigenvalue weighted by Gasteiger charge is 2.30. The molecule has 2 heterocycles. The van der Waals surface area contributed by atoms with Gasteiger partial charge in [0.25, 0.3) is 5.56 Å². The Kier molecular flexibility index (Phi) is 8.51. The van der Waals surface area contributed by atoms with Crippen LogP contribution in [0.4, 0.5) is 13.2 Å². The van der Waals surface area contributed by atoms with E-state index in [0.717, 1.165) is 23.3 Å². The molecule has 0 radical (unpaired) electrons. The summed E-state index contributed by atoms with van der Waals surface area (Å²) in [4.78, 5) is 24.9. The van der Waals surface area contributed by atoms with Gasteiger partial charge in [-0.15, -0.1) is 0 Å². The summed E-state index contributed by atoms with van der Waals surface area (Å²) in [5, 5.41) is 10.1.